The number of hydrogen-bond acceptors (Lipinski definition) is 2. The van der Waals surface area contributed by atoms with Crippen molar-refractivity contribution >= 4 is 28.3 Å². The highest BCUT2D eigenvalue weighted by Gasteiger charge is 2.11. The molecule has 1 nitrogen and oxygen atoms in total. The van der Waals surface area contributed by atoms with Crippen molar-refractivity contribution in [3.05, 3.63) is 11.6 Å². The van der Waals surface area contributed by atoms with Crippen molar-refractivity contribution in [3.8, 4) is 0 Å². The van der Waals surface area contributed by atoms with E-state index in [0.717, 1.165) is 10.1 Å². The first-order chi connectivity index (χ1) is 7.70. The van der Waals surface area contributed by atoms with Gasteiger partial charge in [-0.15, -0.1) is 0 Å². The fourth-order valence-electron chi connectivity index (χ4n) is 1.80. The summed E-state index contributed by atoms with van der Waals surface area (Å²) in [6.45, 7) is 6.61. The third kappa shape index (κ3) is 5.90. The minimum Gasteiger partial charge on any atom is -0.358 e. The van der Waals surface area contributed by atoms with E-state index < -0.39 is 0 Å². The van der Waals surface area contributed by atoms with Crippen molar-refractivity contribution in [1.29, 1.82) is 0 Å². The average molecular weight is 257 g/mol. The minimum absolute atomic E-state index is 1.03. The second-order valence-corrected chi connectivity index (χ2v) is 6.27. The van der Waals surface area contributed by atoms with Crippen LogP contribution >= 0.6 is 24.0 Å². The molecule has 0 unspecified atom stereocenters. The molecule has 1 heterocycles. The number of hydrogen-bond donors (Lipinski definition) is 0. The maximum absolute atomic E-state index is 5.49. The Balaban J connectivity index is 2.30. The van der Waals surface area contributed by atoms with E-state index in [1.54, 1.807) is 0 Å². The van der Waals surface area contributed by atoms with Crippen molar-refractivity contribution < 1.29 is 0 Å². The first kappa shape index (κ1) is 14.0. The normalized spacial score (nSPS) is 17.5. The van der Waals surface area contributed by atoms with Crippen LogP contribution < -0.4 is 0 Å². The lowest BCUT2D eigenvalue weighted by Gasteiger charge is -2.26. The van der Waals surface area contributed by atoms with Crippen molar-refractivity contribution in [1.82, 2.24) is 4.90 Å². The molecule has 1 aliphatic heterocycles. The maximum atomic E-state index is 5.49. The van der Waals surface area contributed by atoms with E-state index >= 15 is 0 Å². The van der Waals surface area contributed by atoms with E-state index in [4.69, 9.17) is 12.2 Å². The van der Waals surface area contributed by atoms with Crippen LogP contribution in [0.4, 0.5) is 0 Å². The summed E-state index contributed by atoms with van der Waals surface area (Å²) in [5.74, 6) is 1.03. The van der Waals surface area contributed by atoms with E-state index in [0.29, 0.717) is 0 Å². The van der Waals surface area contributed by atoms with E-state index in [-0.39, 0.29) is 0 Å². The van der Waals surface area contributed by atoms with Crippen molar-refractivity contribution in [2.45, 2.75) is 46.0 Å². The Hall–Kier alpha value is -0.0200. The Kier molecular flexibility index (Phi) is 7.13. The van der Waals surface area contributed by atoms with Crippen LogP contribution in [0, 0.1) is 0 Å². The van der Waals surface area contributed by atoms with Crippen LogP contribution in [0.3, 0.4) is 0 Å². The summed E-state index contributed by atoms with van der Waals surface area (Å²) < 4.78 is 1.10. The fourth-order valence-corrected chi connectivity index (χ4v) is 3.11. The molecule has 92 valence electrons. The SMILES string of the molecule is CC(C)=CCSC(=S)N1CCCCCCC1. The third-order valence-corrected chi connectivity index (χ3v) is 4.26. The highest BCUT2D eigenvalue weighted by Crippen LogP contribution is 2.16. The van der Waals surface area contributed by atoms with Gasteiger partial charge in [-0.1, -0.05) is 54.9 Å². The zero-order chi connectivity index (χ0) is 11.8. The van der Waals surface area contributed by atoms with E-state index in [2.05, 4.69) is 24.8 Å². The van der Waals surface area contributed by atoms with Crippen LogP contribution in [-0.4, -0.2) is 28.1 Å². The molecule has 0 aromatic heterocycles. The fraction of sp³-hybridized carbons (Fsp3) is 0.769. The van der Waals surface area contributed by atoms with Gasteiger partial charge in [0, 0.05) is 18.8 Å². The Bertz CT molecular complexity index is 236. The average Bonchev–Trinajstić information content (AvgIpc) is 2.15. The highest BCUT2D eigenvalue weighted by atomic mass is 32.2. The van der Waals surface area contributed by atoms with Gasteiger partial charge >= 0.3 is 0 Å². The summed E-state index contributed by atoms with van der Waals surface area (Å²) >= 11 is 7.30. The zero-order valence-corrected chi connectivity index (χ0v) is 12.1. The molecule has 0 saturated carbocycles. The van der Waals surface area contributed by atoms with E-state index in [1.165, 1.54) is 50.8 Å². The Morgan fingerprint density at radius 1 is 1.12 bits per heavy atom. The lowest BCUT2D eigenvalue weighted by atomic mass is 10.1. The van der Waals surface area contributed by atoms with Gasteiger partial charge in [0.15, 0.2) is 0 Å². The predicted octanol–water partition coefficient (Wildman–Crippen LogP) is 4.24. The first-order valence-corrected chi connectivity index (χ1v) is 7.64. The lowest BCUT2D eigenvalue weighted by molar-refractivity contribution is 0.372. The summed E-state index contributed by atoms with van der Waals surface area (Å²) in [5, 5.41) is 0. The summed E-state index contributed by atoms with van der Waals surface area (Å²) in [4.78, 5) is 2.40. The molecular weight excluding hydrogens is 234 g/mol. The maximum Gasteiger partial charge on any atom is 0.136 e. The minimum atomic E-state index is 1.03. The topological polar surface area (TPSA) is 3.24 Å². The van der Waals surface area contributed by atoms with Gasteiger partial charge in [-0.2, -0.15) is 0 Å². The molecule has 0 amide bonds. The van der Waals surface area contributed by atoms with Gasteiger partial charge in [0.05, 0.1) is 0 Å². The molecule has 0 aromatic rings. The molecule has 0 radical (unpaired) electrons. The smallest absolute Gasteiger partial charge is 0.136 e. The van der Waals surface area contributed by atoms with Crippen LogP contribution in [0.15, 0.2) is 11.6 Å². The van der Waals surface area contributed by atoms with Gasteiger partial charge in [-0.05, 0) is 26.7 Å². The summed E-state index contributed by atoms with van der Waals surface area (Å²) in [7, 11) is 0. The Morgan fingerprint density at radius 3 is 2.25 bits per heavy atom. The van der Waals surface area contributed by atoms with Crippen LogP contribution in [0.2, 0.25) is 0 Å². The number of allylic oxidation sites excluding steroid dienone is 1. The molecule has 3 heteroatoms. The van der Waals surface area contributed by atoms with Gasteiger partial charge in [0.25, 0.3) is 0 Å². The number of thiocarbonyl (C=S) groups is 1. The van der Waals surface area contributed by atoms with Gasteiger partial charge in [-0.25, -0.2) is 0 Å². The standard InChI is InChI=1S/C13H23NS2/c1-12(2)8-11-16-13(15)14-9-6-4-3-5-7-10-14/h8H,3-7,9-11H2,1-2H3. The molecule has 1 aliphatic rings. The predicted molar refractivity (Wildman–Crippen MR) is 79.1 cm³/mol. The third-order valence-electron chi connectivity index (χ3n) is 2.81. The summed E-state index contributed by atoms with van der Waals surface area (Å²) in [5.41, 5.74) is 1.38. The molecule has 0 aromatic carbocycles. The lowest BCUT2D eigenvalue weighted by Crippen LogP contribution is -2.30. The summed E-state index contributed by atoms with van der Waals surface area (Å²) in [6.07, 6.45) is 9.02. The Labute approximate surface area is 110 Å². The molecule has 1 saturated heterocycles. The first-order valence-electron chi connectivity index (χ1n) is 6.25. The van der Waals surface area contributed by atoms with Crippen LogP contribution in [0.5, 0.6) is 0 Å². The van der Waals surface area contributed by atoms with Crippen molar-refractivity contribution in [3.63, 3.8) is 0 Å². The molecule has 0 bridgehead atoms. The second-order valence-electron chi connectivity index (χ2n) is 4.61. The number of nitrogens with zero attached hydrogens (tertiary/aromatic N) is 1. The zero-order valence-electron chi connectivity index (χ0n) is 10.5. The molecule has 0 aliphatic carbocycles. The largest absolute Gasteiger partial charge is 0.358 e. The van der Waals surface area contributed by atoms with Crippen LogP contribution in [-0.2, 0) is 0 Å². The molecule has 1 fully saturated rings. The quantitative estimate of drug-likeness (QED) is 0.538. The van der Waals surface area contributed by atoms with Crippen LogP contribution in [0.25, 0.3) is 0 Å². The number of thioether (sulfide) groups is 1. The molecule has 0 spiro atoms. The number of rotatable bonds is 2. The van der Waals surface area contributed by atoms with Gasteiger partial charge in [0.1, 0.15) is 4.32 Å². The molecule has 16 heavy (non-hydrogen) atoms. The van der Waals surface area contributed by atoms with Gasteiger partial charge < -0.3 is 4.90 Å². The Morgan fingerprint density at radius 2 is 1.69 bits per heavy atom. The second kappa shape index (κ2) is 8.13. The van der Waals surface area contributed by atoms with Crippen LogP contribution in [0.1, 0.15) is 46.0 Å². The van der Waals surface area contributed by atoms with E-state index in [1.807, 2.05) is 11.8 Å². The molecular formula is C13H23NS2. The van der Waals surface area contributed by atoms with E-state index in [9.17, 15) is 0 Å². The highest BCUT2D eigenvalue weighted by molar-refractivity contribution is 8.23. The molecule has 0 N–H and O–H groups in total. The summed E-state index contributed by atoms with van der Waals surface area (Å²) in [6, 6.07) is 0. The molecule has 1 rings (SSSR count). The monoisotopic (exact) mass is 257 g/mol. The van der Waals surface area contributed by atoms with Crippen molar-refractivity contribution in [2.75, 3.05) is 18.8 Å². The van der Waals surface area contributed by atoms with Crippen molar-refractivity contribution in [2.24, 2.45) is 0 Å². The van der Waals surface area contributed by atoms with Gasteiger partial charge in [0.2, 0.25) is 0 Å². The van der Waals surface area contributed by atoms with Gasteiger partial charge in [-0.3, -0.25) is 0 Å². The molecule has 0 atom stereocenters. The number of likely N-dealkylation sites (tertiary alicyclic amines) is 1.